The van der Waals surface area contributed by atoms with Crippen LogP contribution in [0.3, 0.4) is 0 Å². The molecule has 0 atom stereocenters. The van der Waals surface area contributed by atoms with Crippen molar-refractivity contribution in [3.8, 4) is 23.3 Å². The zero-order chi connectivity index (χ0) is 15.1. The molecular weight excluding hydrogens is 264 g/mol. The SMILES string of the molecule is CCCCCc1ccc(Oc2cnccc2C#N)c(O)c1. The highest BCUT2D eigenvalue weighted by molar-refractivity contribution is 5.48. The van der Waals surface area contributed by atoms with Crippen LogP contribution >= 0.6 is 0 Å². The Kier molecular flexibility index (Phi) is 5.16. The van der Waals surface area contributed by atoms with Crippen molar-refractivity contribution in [3.63, 3.8) is 0 Å². The Bertz CT molecular complexity index is 647. The summed E-state index contributed by atoms with van der Waals surface area (Å²) in [4.78, 5) is 3.93. The van der Waals surface area contributed by atoms with E-state index in [1.807, 2.05) is 12.1 Å². The first kappa shape index (κ1) is 14.9. The first-order valence-corrected chi connectivity index (χ1v) is 7.08. The number of benzene rings is 1. The number of nitriles is 1. The highest BCUT2D eigenvalue weighted by Gasteiger charge is 2.09. The second-order valence-electron chi connectivity index (χ2n) is 4.84. The van der Waals surface area contributed by atoms with Gasteiger partial charge in [-0.3, -0.25) is 4.98 Å². The molecule has 2 aromatic rings. The number of nitrogens with zero attached hydrogens (tertiary/aromatic N) is 2. The zero-order valence-corrected chi connectivity index (χ0v) is 12.0. The van der Waals surface area contributed by atoms with Gasteiger partial charge in [0, 0.05) is 6.20 Å². The van der Waals surface area contributed by atoms with Crippen molar-refractivity contribution in [3.05, 3.63) is 47.8 Å². The number of ether oxygens (including phenoxy) is 1. The molecule has 4 heteroatoms. The zero-order valence-electron chi connectivity index (χ0n) is 12.0. The number of phenolic OH excluding ortho intramolecular Hbond substituents is 1. The molecular formula is C17H18N2O2. The maximum atomic E-state index is 10.0. The first-order chi connectivity index (χ1) is 10.2. The Morgan fingerprint density at radius 3 is 2.81 bits per heavy atom. The minimum Gasteiger partial charge on any atom is -0.504 e. The van der Waals surface area contributed by atoms with Crippen molar-refractivity contribution in [1.82, 2.24) is 4.98 Å². The number of unbranched alkanes of at least 4 members (excludes halogenated alkanes) is 2. The molecule has 0 bridgehead atoms. The third-order valence-electron chi connectivity index (χ3n) is 3.22. The number of hydrogen-bond acceptors (Lipinski definition) is 4. The summed E-state index contributed by atoms with van der Waals surface area (Å²) in [5.41, 5.74) is 1.47. The largest absolute Gasteiger partial charge is 0.504 e. The van der Waals surface area contributed by atoms with Crippen LogP contribution in [-0.2, 0) is 6.42 Å². The fourth-order valence-corrected chi connectivity index (χ4v) is 2.06. The summed E-state index contributed by atoms with van der Waals surface area (Å²) in [6.07, 6.45) is 7.40. The van der Waals surface area contributed by atoms with Gasteiger partial charge in [-0.2, -0.15) is 5.26 Å². The summed E-state index contributed by atoms with van der Waals surface area (Å²) in [6.45, 7) is 2.16. The van der Waals surface area contributed by atoms with E-state index in [-0.39, 0.29) is 5.75 Å². The number of aromatic nitrogens is 1. The Hall–Kier alpha value is -2.54. The van der Waals surface area contributed by atoms with E-state index in [4.69, 9.17) is 10.00 Å². The highest BCUT2D eigenvalue weighted by Crippen LogP contribution is 2.32. The summed E-state index contributed by atoms with van der Waals surface area (Å²) >= 11 is 0. The van der Waals surface area contributed by atoms with Gasteiger partial charge in [0.1, 0.15) is 6.07 Å². The van der Waals surface area contributed by atoms with E-state index in [1.165, 1.54) is 25.2 Å². The molecule has 0 radical (unpaired) electrons. The Balaban J connectivity index is 2.12. The van der Waals surface area contributed by atoms with Crippen molar-refractivity contribution in [2.45, 2.75) is 32.6 Å². The lowest BCUT2D eigenvalue weighted by Gasteiger charge is -2.10. The van der Waals surface area contributed by atoms with Gasteiger partial charge in [-0.25, -0.2) is 0 Å². The van der Waals surface area contributed by atoms with E-state index in [0.29, 0.717) is 17.1 Å². The van der Waals surface area contributed by atoms with Gasteiger partial charge in [0.15, 0.2) is 17.2 Å². The van der Waals surface area contributed by atoms with Crippen molar-refractivity contribution >= 4 is 0 Å². The molecule has 0 saturated carbocycles. The lowest BCUT2D eigenvalue weighted by molar-refractivity contribution is 0.409. The monoisotopic (exact) mass is 282 g/mol. The molecule has 0 saturated heterocycles. The van der Waals surface area contributed by atoms with Crippen molar-refractivity contribution in [2.24, 2.45) is 0 Å². The van der Waals surface area contributed by atoms with E-state index in [9.17, 15) is 5.11 Å². The molecule has 1 aromatic carbocycles. The predicted octanol–water partition coefficient (Wildman–Crippen LogP) is 4.18. The van der Waals surface area contributed by atoms with E-state index in [1.54, 1.807) is 18.2 Å². The third-order valence-corrected chi connectivity index (χ3v) is 3.22. The van der Waals surface area contributed by atoms with Crippen LogP contribution < -0.4 is 4.74 Å². The van der Waals surface area contributed by atoms with Crippen LogP contribution in [0.2, 0.25) is 0 Å². The fraction of sp³-hybridized carbons (Fsp3) is 0.294. The van der Waals surface area contributed by atoms with Crippen LogP contribution in [0.25, 0.3) is 0 Å². The summed E-state index contributed by atoms with van der Waals surface area (Å²) in [5, 5.41) is 19.1. The minimum absolute atomic E-state index is 0.0803. The maximum Gasteiger partial charge on any atom is 0.169 e. The van der Waals surface area contributed by atoms with Gasteiger partial charge in [0.25, 0.3) is 0 Å². The normalized spacial score (nSPS) is 10.1. The van der Waals surface area contributed by atoms with E-state index >= 15 is 0 Å². The van der Waals surface area contributed by atoms with Crippen molar-refractivity contribution in [2.75, 3.05) is 0 Å². The molecule has 108 valence electrons. The first-order valence-electron chi connectivity index (χ1n) is 7.08. The number of pyridine rings is 1. The molecule has 0 spiro atoms. The van der Waals surface area contributed by atoms with Crippen LogP contribution in [0.5, 0.6) is 17.2 Å². The average molecular weight is 282 g/mol. The van der Waals surface area contributed by atoms with Crippen LogP contribution in [0.4, 0.5) is 0 Å². The lowest BCUT2D eigenvalue weighted by Crippen LogP contribution is -1.91. The van der Waals surface area contributed by atoms with E-state index in [0.717, 1.165) is 18.4 Å². The van der Waals surface area contributed by atoms with Gasteiger partial charge in [0.05, 0.1) is 11.8 Å². The second-order valence-corrected chi connectivity index (χ2v) is 4.84. The molecule has 21 heavy (non-hydrogen) atoms. The van der Waals surface area contributed by atoms with Crippen LogP contribution in [0.1, 0.15) is 37.3 Å². The molecule has 4 nitrogen and oxygen atoms in total. The maximum absolute atomic E-state index is 10.0. The van der Waals surface area contributed by atoms with Crippen LogP contribution in [0, 0.1) is 11.3 Å². The lowest BCUT2D eigenvalue weighted by atomic mass is 10.1. The van der Waals surface area contributed by atoms with Gasteiger partial charge >= 0.3 is 0 Å². The summed E-state index contributed by atoms with van der Waals surface area (Å²) in [5.74, 6) is 0.754. The Morgan fingerprint density at radius 2 is 2.10 bits per heavy atom. The van der Waals surface area contributed by atoms with Gasteiger partial charge in [-0.15, -0.1) is 0 Å². The number of aromatic hydroxyl groups is 1. The van der Waals surface area contributed by atoms with Gasteiger partial charge in [0.2, 0.25) is 0 Å². The molecule has 1 aromatic heterocycles. The number of rotatable bonds is 6. The summed E-state index contributed by atoms with van der Waals surface area (Å²) < 4.78 is 5.58. The quantitative estimate of drug-likeness (QED) is 0.807. The topological polar surface area (TPSA) is 66.1 Å². The van der Waals surface area contributed by atoms with Crippen LogP contribution in [0.15, 0.2) is 36.7 Å². The highest BCUT2D eigenvalue weighted by atomic mass is 16.5. The molecule has 0 unspecified atom stereocenters. The summed E-state index contributed by atoms with van der Waals surface area (Å²) in [7, 11) is 0. The molecule has 0 aliphatic carbocycles. The minimum atomic E-state index is 0.0803. The molecule has 1 heterocycles. The van der Waals surface area contributed by atoms with Crippen molar-refractivity contribution < 1.29 is 9.84 Å². The standard InChI is InChI=1S/C17H18N2O2/c1-2-3-4-5-13-6-7-16(15(20)10-13)21-17-12-19-9-8-14(17)11-18/h6-10,12,20H,2-5H2,1H3. The fourth-order valence-electron chi connectivity index (χ4n) is 2.06. The smallest absolute Gasteiger partial charge is 0.169 e. The van der Waals surface area contributed by atoms with Crippen LogP contribution in [-0.4, -0.2) is 10.1 Å². The molecule has 0 fully saturated rings. The molecule has 2 rings (SSSR count). The summed E-state index contributed by atoms with van der Waals surface area (Å²) in [6, 6.07) is 8.99. The van der Waals surface area contributed by atoms with Gasteiger partial charge < -0.3 is 9.84 Å². The third kappa shape index (κ3) is 3.96. The average Bonchev–Trinajstić information content (AvgIpc) is 2.50. The number of aryl methyl sites for hydroxylation is 1. The molecule has 0 aliphatic rings. The van der Waals surface area contributed by atoms with E-state index < -0.39 is 0 Å². The predicted molar refractivity (Wildman–Crippen MR) is 80.4 cm³/mol. The second kappa shape index (κ2) is 7.30. The Morgan fingerprint density at radius 1 is 1.24 bits per heavy atom. The molecule has 0 aliphatic heterocycles. The molecule has 1 N–H and O–H groups in total. The van der Waals surface area contributed by atoms with Crippen molar-refractivity contribution in [1.29, 1.82) is 5.26 Å². The van der Waals surface area contributed by atoms with E-state index in [2.05, 4.69) is 11.9 Å². The Labute approximate surface area is 124 Å². The number of hydrogen-bond donors (Lipinski definition) is 1. The molecule has 0 amide bonds. The number of phenols is 1. The van der Waals surface area contributed by atoms with Gasteiger partial charge in [-0.05, 0) is 36.6 Å². The van der Waals surface area contributed by atoms with Gasteiger partial charge in [-0.1, -0.05) is 25.8 Å².